The average molecular weight is 228 g/mol. The van der Waals surface area contributed by atoms with Gasteiger partial charge in [0, 0.05) is 6.20 Å². The maximum Gasteiger partial charge on any atom is 0.433 e. The Labute approximate surface area is 88.9 Å². The van der Waals surface area contributed by atoms with Crippen LogP contribution in [0.25, 0.3) is 11.5 Å². The molecule has 3 nitrogen and oxygen atoms in total. The van der Waals surface area contributed by atoms with Gasteiger partial charge in [0.25, 0.3) is 0 Å². The lowest BCUT2D eigenvalue weighted by Crippen LogP contribution is -2.07. The maximum absolute atomic E-state index is 12.2. The van der Waals surface area contributed by atoms with E-state index in [-0.39, 0.29) is 5.89 Å². The third kappa shape index (κ3) is 2.05. The van der Waals surface area contributed by atoms with E-state index in [0.29, 0.717) is 11.3 Å². The molecule has 0 saturated carbocycles. The number of halogens is 3. The Hall–Kier alpha value is -1.85. The molecule has 2 aromatic rings. The third-order valence-electron chi connectivity index (χ3n) is 1.92. The number of hydrogen-bond acceptors (Lipinski definition) is 3. The molecule has 16 heavy (non-hydrogen) atoms. The summed E-state index contributed by atoms with van der Waals surface area (Å²) in [6.45, 7) is 1.70. The maximum atomic E-state index is 12.2. The highest BCUT2D eigenvalue weighted by Gasteiger charge is 2.32. The van der Waals surface area contributed by atoms with Gasteiger partial charge in [0.05, 0.1) is 11.8 Å². The molecule has 0 spiro atoms. The molecule has 6 heteroatoms. The van der Waals surface area contributed by atoms with E-state index in [1.807, 2.05) is 0 Å². The smallest absolute Gasteiger partial charge is 0.433 e. The zero-order chi connectivity index (χ0) is 11.8. The Morgan fingerprint density at radius 3 is 2.31 bits per heavy atom. The van der Waals surface area contributed by atoms with Crippen LogP contribution in [0.5, 0.6) is 0 Å². The summed E-state index contributed by atoms with van der Waals surface area (Å²) in [7, 11) is 0. The molecule has 0 aromatic carbocycles. The van der Waals surface area contributed by atoms with Crippen molar-refractivity contribution in [3.63, 3.8) is 0 Å². The highest BCUT2D eigenvalue weighted by Crippen LogP contribution is 2.28. The Morgan fingerprint density at radius 1 is 1.12 bits per heavy atom. The highest BCUT2D eigenvalue weighted by molar-refractivity contribution is 5.51. The van der Waals surface area contributed by atoms with Crippen LogP contribution in [0.2, 0.25) is 0 Å². The van der Waals surface area contributed by atoms with Gasteiger partial charge in [-0.25, -0.2) is 4.98 Å². The topological polar surface area (TPSA) is 38.9 Å². The van der Waals surface area contributed by atoms with Crippen LogP contribution in [0.1, 0.15) is 11.5 Å². The Morgan fingerprint density at radius 2 is 1.88 bits per heavy atom. The highest BCUT2D eigenvalue weighted by atomic mass is 19.4. The van der Waals surface area contributed by atoms with Crippen LogP contribution in [0.4, 0.5) is 13.2 Å². The minimum Gasteiger partial charge on any atom is -0.441 e. The molecule has 0 aliphatic heterocycles. The van der Waals surface area contributed by atoms with Crippen molar-refractivity contribution in [3.05, 3.63) is 36.0 Å². The van der Waals surface area contributed by atoms with Gasteiger partial charge in [-0.05, 0) is 19.1 Å². The monoisotopic (exact) mass is 228 g/mol. The van der Waals surface area contributed by atoms with E-state index < -0.39 is 11.9 Å². The van der Waals surface area contributed by atoms with Crippen LogP contribution < -0.4 is 0 Å². The zero-order valence-electron chi connectivity index (χ0n) is 8.25. The number of alkyl halides is 3. The second-order valence-corrected chi connectivity index (χ2v) is 3.21. The van der Waals surface area contributed by atoms with Crippen molar-refractivity contribution in [1.82, 2.24) is 9.97 Å². The predicted octanol–water partition coefficient (Wildman–Crippen LogP) is 3.06. The van der Waals surface area contributed by atoms with Crippen LogP contribution >= 0.6 is 0 Å². The number of aryl methyl sites for hydroxylation is 1. The van der Waals surface area contributed by atoms with Crippen molar-refractivity contribution >= 4 is 0 Å². The summed E-state index contributed by atoms with van der Waals surface area (Å²) in [6, 6.07) is 2.18. The molecule has 0 radical (unpaired) electrons. The van der Waals surface area contributed by atoms with Gasteiger partial charge in [0.1, 0.15) is 11.5 Å². The second kappa shape index (κ2) is 3.62. The first-order chi connectivity index (χ1) is 7.47. The van der Waals surface area contributed by atoms with Gasteiger partial charge in [-0.1, -0.05) is 0 Å². The summed E-state index contributed by atoms with van der Waals surface area (Å²) >= 11 is 0. The van der Waals surface area contributed by atoms with Crippen LogP contribution in [0.15, 0.2) is 28.9 Å². The average Bonchev–Trinajstić information content (AvgIpc) is 2.64. The molecule has 0 amide bonds. The molecule has 0 atom stereocenters. The number of rotatable bonds is 1. The Kier molecular flexibility index (Phi) is 2.41. The van der Waals surface area contributed by atoms with Crippen molar-refractivity contribution in [3.8, 4) is 11.5 Å². The molecule has 0 fully saturated rings. The lowest BCUT2D eigenvalue weighted by Gasteiger charge is -2.04. The summed E-state index contributed by atoms with van der Waals surface area (Å²) in [5.41, 5.74) is -0.513. The van der Waals surface area contributed by atoms with Crippen LogP contribution in [0, 0.1) is 6.92 Å². The normalized spacial score (nSPS) is 11.8. The van der Waals surface area contributed by atoms with Crippen molar-refractivity contribution < 1.29 is 17.6 Å². The molecule has 0 unspecified atom stereocenters. The Balaban J connectivity index is 2.33. The third-order valence-corrected chi connectivity index (χ3v) is 1.92. The van der Waals surface area contributed by atoms with E-state index in [9.17, 15) is 13.2 Å². The first kappa shape index (κ1) is 10.7. The minimum atomic E-state index is -4.43. The van der Waals surface area contributed by atoms with Crippen LogP contribution in [-0.4, -0.2) is 9.97 Å². The lowest BCUT2D eigenvalue weighted by molar-refractivity contribution is -0.141. The second-order valence-electron chi connectivity index (χ2n) is 3.21. The summed E-state index contributed by atoms with van der Waals surface area (Å²) in [4.78, 5) is 7.20. The molecule has 0 aliphatic rings. The van der Waals surface area contributed by atoms with E-state index in [1.54, 1.807) is 6.92 Å². The molecule has 0 N–H and O–H groups in total. The molecule has 0 saturated heterocycles. The van der Waals surface area contributed by atoms with Gasteiger partial charge in [-0.3, -0.25) is 4.98 Å². The van der Waals surface area contributed by atoms with Crippen molar-refractivity contribution in [2.45, 2.75) is 13.1 Å². The minimum absolute atomic E-state index is 0.263. The van der Waals surface area contributed by atoms with Gasteiger partial charge in [-0.2, -0.15) is 13.2 Å². The van der Waals surface area contributed by atoms with Gasteiger partial charge in [-0.15, -0.1) is 0 Å². The van der Waals surface area contributed by atoms with E-state index in [0.717, 1.165) is 12.3 Å². The lowest BCUT2D eigenvalue weighted by atomic mass is 10.2. The van der Waals surface area contributed by atoms with Gasteiger partial charge < -0.3 is 4.42 Å². The summed E-state index contributed by atoms with van der Waals surface area (Å²) in [6.07, 6.45) is -1.84. The van der Waals surface area contributed by atoms with Crippen molar-refractivity contribution in [2.24, 2.45) is 0 Å². The van der Waals surface area contributed by atoms with Gasteiger partial charge >= 0.3 is 6.18 Å². The van der Waals surface area contributed by atoms with Gasteiger partial charge in [0.2, 0.25) is 5.89 Å². The number of oxazole rings is 1. The molecule has 0 aliphatic carbocycles. The Bertz CT molecular complexity index is 488. The summed E-state index contributed by atoms with van der Waals surface area (Å²) in [5.74, 6) is 0.855. The van der Waals surface area contributed by atoms with E-state index in [4.69, 9.17) is 4.42 Å². The number of pyridine rings is 1. The summed E-state index contributed by atoms with van der Waals surface area (Å²) in [5, 5.41) is 0. The number of aromatic nitrogens is 2. The first-order valence-corrected chi connectivity index (χ1v) is 4.43. The largest absolute Gasteiger partial charge is 0.441 e. The van der Waals surface area contributed by atoms with E-state index in [1.165, 1.54) is 12.3 Å². The quantitative estimate of drug-likeness (QED) is 0.752. The van der Waals surface area contributed by atoms with Crippen molar-refractivity contribution in [2.75, 3.05) is 0 Å². The zero-order valence-corrected chi connectivity index (χ0v) is 8.25. The molecule has 2 rings (SSSR count). The molecule has 84 valence electrons. The molecule has 2 aromatic heterocycles. The number of nitrogens with zero attached hydrogens (tertiary/aromatic N) is 2. The number of hydrogen-bond donors (Lipinski definition) is 0. The standard InChI is InChI=1S/C10H7F3N2O/c1-6-4-15-9(16-6)7-2-3-8(14-5-7)10(11,12)13/h2-5H,1H3. The van der Waals surface area contributed by atoms with Crippen LogP contribution in [0.3, 0.4) is 0 Å². The molecular formula is C10H7F3N2O. The molecule has 0 bridgehead atoms. The first-order valence-electron chi connectivity index (χ1n) is 4.43. The van der Waals surface area contributed by atoms with Crippen molar-refractivity contribution in [1.29, 1.82) is 0 Å². The fraction of sp³-hybridized carbons (Fsp3) is 0.200. The summed E-state index contributed by atoms with van der Waals surface area (Å²) < 4.78 is 41.8. The SMILES string of the molecule is Cc1cnc(-c2ccc(C(F)(F)F)nc2)o1. The van der Waals surface area contributed by atoms with E-state index >= 15 is 0 Å². The van der Waals surface area contributed by atoms with Crippen LogP contribution in [-0.2, 0) is 6.18 Å². The predicted molar refractivity (Wildman–Crippen MR) is 49.5 cm³/mol. The van der Waals surface area contributed by atoms with E-state index in [2.05, 4.69) is 9.97 Å². The molecular weight excluding hydrogens is 221 g/mol. The fourth-order valence-corrected chi connectivity index (χ4v) is 1.18. The molecule has 2 heterocycles. The fourth-order valence-electron chi connectivity index (χ4n) is 1.18. The van der Waals surface area contributed by atoms with Gasteiger partial charge in [0.15, 0.2) is 0 Å².